The molecule has 0 aromatic heterocycles. The fourth-order valence-electron chi connectivity index (χ4n) is 5.39. The van der Waals surface area contributed by atoms with Gasteiger partial charge in [0.15, 0.2) is 6.10 Å². The van der Waals surface area contributed by atoms with Gasteiger partial charge in [-0.25, -0.2) is 4.79 Å². The quantitative estimate of drug-likeness (QED) is 0.0156. The number of hydrogen-bond donors (Lipinski definition) is 0. The standard InChI is InChI=1S/C40H76NO8P/c1-6-8-10-12-14-16-18-19-20-21-23-24-26-28-30-32-39(42)46-36-38(37-48-50(44,45)47-35-34-41(3,4)5)49-40(43)33-31-29-27-25-22-17-15-13-11-9-7-2/h26,28,30,32,38H,6-25,27,29,31,33-37H2,1-5H3/b28-26+,32-30+/t38-/m1/s1. The van der Waals surface area contributed by atoms with Gasteiger partial charge in [-0.3, -0.25) is 9.36 Å². The first-order valence-electron chi connectivity index (χ1n) is 20.1. The highest BCUT2D eigenvalue weighted by Gasteiger charge is 2.21. The van der Waals surface area contributed by atoms with Crippen LogP contribution in [0, 0.1) is 0 Å². The van der Waals surface area contributed by atoms with Crippen molar-refractivity contribution in [2.45, 2.75) is 174 Å². The third-order valence-corrected chi connectivity index (χ3v) is 9.54. The molecule has 0 radical (unpaired) electrons. The molecule has 0 N–H and O–H groups in total. The predicted molar refractivity (Wildman–Crippen MR) is 204 cm³/mol. The van der Waals surface area contributed by atoms with Gasteiger partial charge in [0, 0.05) is 12.5 Å². The number of ether oxygens (including phenoxy) is 2. The summed E-state index contributed by atoms with van der Waals surface area (Å²) in [5.74, 6) is -1.08. The number of carbonyl (C=O) groups excluding carboxylic acids is 2. The summed E-state index contributed by atoms with van der Waals surface area (Å²) in [6.45, 7) is 4.08. The van der Waals surface area contributed by atoms with E-state index in [2.05, 4.69) is 13.8 Å². The van der Waals surface area contributed by atoms with Crippen molar-refractivity contribution < 1.29 is 42.1 Å². The molecule has 1 unspecified atom stereocenters. The number of rotatable bonds is 36. The van der Waals surface area contributed by atoms with Gasteiger partial charge >= 0.3 is 11.9 Å². The highest BCUT2D eigenvalue weighted by atomic mass is 31.2. The zero-order valence-corrected chi connectivity index (χ0v) is 33.7. The third kappa shape index (κ3) is 36.3. The Morgan fingerprint density at radius 2 is 1.14 bits per heavy atom. The van der Waals surface area contributed by atoms with Crippen LogP contribution in [0.2, 0.25) is 0 Å². The van der Waals surface area contributed by atoms with Crippen molar-refractivity contribution in [3.8, 4) is 0 Å². The van der Waals surface area contributed by atoms with E-state index < -0.39 is 32.5 Å². The highest BCUT2D eigenvalue weighted by molar-refractivity contribution is 7.45. The minimum atomic E-state index is -4.63. The highest BCUT2D eigenvalue weighted by Crippen LogP contribution is 2.38. The number of likely N-dealkylation sites (N-methyl/N-ethyl adjacent to an activating group) is 1. The molecular weight excluding hydrogens is 653 g/mol. The van der Waals surface area contributed by atoms with Crippen molar-refractivity contribution in [3.05, 3.63) is 24.3 Å². The minimum Gasteiger partial charge on any atom is -0.756 e. The largest absolute Gasteiger partial charge is 0.756 e. The van der Waals surface area contributed by atoms with Crippen molar-refractivity contribution in [1.29, 1.82) is 0 Å². The van der Waals surface area contributed by atoms with Crippen molar-refractivity contribution in [3.63, 3.8) is 0 Å². The maximum Gasteiger partial charge on any atom is 0.330 e. The van der Waals surface area contributed by atoms with Gasteiger partial charge in [0.1, 0.15) is 19.8 Å². The Balaban J connectivity index is 4.50. The SMILES string of the molecule is CCCCCCCCCCCCC/C=C/C=C/C(=O)OC[C@H](COP(=O)([O-])OCC[N+](C)(C)C)OC(=O)CCCCCCCCCCCCC. The van der Waals surface area contributed by atoms with Crippen molar-refractivity contribution in [1.82, 2.24) is 0 Å². The van der Waals surface area contributed by atoms with E-state index in [1.807, 2.05) is 33.3 Å². The average molecular weight is 730 g/mol. The number of phosphoric acid groups is 1. The van der Waals surface area contributed by atoms with Crippen LogP contribution in [0.1, 0.15) is 168 Å². The van der Waals surface area contributed by atoms with Crippen LogP contribution < -0.4 is 4.89 Å². The summed E-state index contributed by atoms with van der Waals surface area (Å²) < 4.78 is 33.6. The first-order chi connectivity index (χ1) is 24.0. The van der Waals surface area contributed by atoms with Gasteiger partial charge in [-0.2, -0.15) is 0 Å². The van der Waals surface area contributed by atoms with Gasteiger partial charge in [0.25, 0.3) is 7.82 Å². The molecule has 294 valence electrons. The summed E-state index contributed by atoms with van der Waals surface area (Å²) in [5.41, 5.74) is 0. The molecule has 0 aliphatic rings. The summed E-state index contributed by atoms with van der Waals surface area (Å²) in [7, 11) is 1.13. The summed E-state index contributed by atoms with van der Waals surface area (Å²) in [6.07, 6.45) is 34.1. The second kappa shape index (κ2) is 33.3. The van der Waals surface area contributed by atoms with Gasteiger partial charge < -0.3 is 27.9 Å². The molecule has 0 amide bonds. The second-order valence-corrected chi connectivity index (χ2v) is 16.1. The van der Waals surface area contributed by atoms with E-state index in [0.717, 1.165) is 32.1 Å². The monoisotopic (exact) mass is 730 g/mol. The first kappa shape index (κ1) is 48.5. The molecule has 0 aliphatic heterocycles. The van der Waals surface area contributed by atoms with Gasteiger partial charge in [-0.05, 0) is 19.3 Å². The van der Waals surface area contributed by atoms with Crippen LogP contribution >= 0.6 is 7.82 Å². The Morgan fingerprint density at radius 3 is 1.64 bits per heavy atom. The van der Waals surface area contributed by atoms with Crippen LogP contribution in [0.15, 0.2) is 24.3 Å². The molecule has 0 spiro atoms. The lowest BCUT2D eigenvalue weighted by atomic mass is 10.1. The molecule has 2 atom stereocenters. The fraction of sp³-hybridized carbons (Fsp3) is 0.850. The lowest BCUT2D eigenvalue weighted by molar-refractivity contribution is -0.870. The molecule has 50 heavy (non-hydrogen) atoms. The lowest BCUT2D eigenvalue weighted by Gasteiger charge is -2.28. The molecule has 0 saturated carbocycles. The van der Waals surface area contributed by atoms with Crippen LogP contribution in [-0.2, 0) is 32.7 Å². The molecule has 0 aromatic rings. The normalized spacial score (nSPS) is 14.0. The first-order valence-corrected chi connectivity index (χ1v) is 21.5. The van der Waals surface area contributed by atoms with Crippen LogP contribution in [0.4, 0.5) is 0 Å². The number of hydrogen-bond acceptors (Lipinski definition) is 8. The Kier molecular flexibility index (Phi) is 32.3. The van der Waals surface area contributed by atoms with E-state index in [-0.39, 0.29) is 19.6 Å². The maximum atomic E-state index is 12.6. The number of nitrogens with zero attached hydrogens (tertiary/aromatic N) is 1. The summed E-state index contributed by atoms with van der Waals surface area (Å²) in [4.78, 5) is 37.2. The van der Waals surface area contributed by atoms with Gasteiger partial charge in [0.2, 0.25) is 0 Å². The van der Waals surface area contributed by atoms with E-state index in [1.165, 1.54) is 115 Å². The Hall–Kier alpha value is -1.51. The zero-order valence-electron chi connectivity index (χ0n) is 32.8. The van der Waals surface area contributed by atoms with E-state index in [1.54, 1.807) is 6.08 Å². The summed E-state index contributed by atoms with van der Waals surface area (Å²) >= 11 is 0. The van der Waals surface area contributed by atoms with E-state index in [0.29, 0.717) is 17.4 Å². The van der Waals surface area contributed by atoms with Crippen molar-refractivity contribution in [2.75, 3.05) is 47.5 Å². The molecule has 0 aromatic carbocycles. The predicted octanol–water partition coefficient (Wildman–Crippen LogP) is 10.2. The number of phosphoric ester groups is 1. The molecule has 9 nitrogen and oxygen atoms in total. The number of unbranched alkanes of at least 4 members (excludes halogenated alkanes) is 21. The third-order valence-electron chi connectivity index (χ3n) is 8.58. The molecule has 0 saturated heterocycles. The Labute approximate surface area is 307 Å². The molecule has 0 bridgehead atoms. The lowest BCUT2D eigenvalue weighted by Crippen LogP contribution is -2.37. The topological polar surface area (TPSA) is 111 Å². The van der Waals surface area contributed by atoms with E-state index >= 15 is 0 Å². The van der Waals surface area contributed by atoms with E-state index in [4.69, 9.17) is 18.5 Å². The number of esters is 2. The summed E-state index contributed by atoms with van der Waals surface area (Å²) in [6, 6.07) is 0. The van der Waals surface area contributed by atoms with Gasteiger partial charge in [-0.15, -0.1) is 0 Å². The fourth-order valence-corrected chi connectivity index (χ4v) is 6.12. The average Bonchev–Trinajstić information content (AvgIpc) is 3.06. The Bertz CT molecular complexity index is 918. The number of allylic oxidation sites excluding steroid dienone is 3. The zero-order chi connectivity index (χ0) is 37.2. The molecule has 0 heterocycles. The second-order valence-electron chi connectivity index (χ2n) is 14.7. The maximum absolute atomic E-state index is 12.6. The van der Waals surface area contributed by atoms with Crippen molar-refractivity contribution in [2.24, 2.45) is 0 Å². The molecule has 10 heteroatoms. The van der Waals surface area contributed by atoms with Crippen LogP contribution in [0.5, 0.6) is 0 Å². The summed E-state index contributed by atoms with van der Waals surface area (Å²) in [5, 5.41) is 0. The Morgan fingerprint density at radius 1 is 0.660 bits per heavy atom. The van der Waals surface area contributed by atoms with Crippen LogP contribution in [0.25, 0.3) is 0 Å². The smallest absolute Gasteiger partial charge is 0.330 e. The molecular formula is C40H76NO8P. The van der Waals surface area contributed by atoms with Gasteiger partial charge in [-0.1, -0.05) is 160 Å². The van der Waals surface area contributed by atoms with Crippen LogP contribution in [0.3, 0.4) is 0 Å². The van der Waals surface area contributed by atoms with Gasteiger partial charge in [0.05, 0.1) is 27.7 Å². The molecule has 0 rings (SSSR count). The number of carbonyl (C=O) groups is 2. The molecule has 0 fully saturated rings. The minimum absolute atomic E-state index is 0.0415. The number of quaternary nitrogens is 1. The van der Waals surface area contributed by atoms with Crippen LogP contribution in [-0.4, -0.2) is 70.0 Å². The molecule has 0 aliphatic carbocycles. The van der Waals surface area contributed by atoms with Crippen molar-refractivity contribution >= 4 is 19.8 Å². The van der Waals surface area contributed by atoms with E-state index in [9.17, 15) is 19.0 Å².